The molecule has 3 aromatic carbocycles. The van der Waals surface area contributed by atoms with E-state index in [4.69, 9.17) is 9.47 Å². The molecule has 2 atom stereocenters. The van der Waals surface area contributed by atoms with Gasteiger partial charge in [-0.05, 0) is 28.3 Å². The minimum Gasteiger partial charge on any atom is -0.448 e. The predicted molar refractivity (Wildman–Crippen MR) is 125 cm³/mol. The molecular weight excluding hydrogens is 471 g/mol. The molecule has 6 rings (SSSR count). The summed E-state index contributed by atoms with van der Waals surface area (Å²) in [7, 11) is 0. The van der Waals surface area contributed by atoms with Crippen LogP contribution in [-0.4, -0.2) is 48.0 Å². The van der Waals surface area contributed by atoms with Crippen molar-refractivity contribution >= 4 is 6.09 Å². The molecular formula is C28H24F3NO4. The summed E-state index contributed by atoms with van der Waals surface area (Å²) in [5.41, 5.74) is 2.35. The van der Waals surface area contributed by atoms with Gasteiger partial charge in [-0.15, -0.1) is 0 Å². The van der Waals surface area contributed by atoms with E-state index >= 15 is 0 Å². The van der Waals surface area contributed by atoms with Crippen molar-refractivity contribution in [3.63, 3.8) is 0 Å². The number of amides is 1. The van der Waals surface area contributed by atoms with E-state index in [0.29, 0.717) is 0 Å². The van der Waals surface area contributed by atoms with Crippen molar-refractivity contribution in [2.24, 2.45) is 0 Å². The number of aliphatic hydroxyl groups is 1. The second-order valence-electron chi connectivity index (χ2n) is 9.72. The molecule has 0 spiro atoms. The lowest BCUT2D eigenvalue weighted by molar-refractivity contribution is -0.137. The van der Waals surface area contributed by atoms with Crippen molar-refractivity contribution in [3.8, 4) is 11.1 Å². The summed E-state index contributed by atoms with van der Waals surface area (Å²) in [6, 6.07) is 16.7. The highest BCUT2D eigenvalue weighted by molar-refractivity contribution is 5.79. The number of halogens is 3. The minimum absolute atomic E-state index is 0.0876. The van der Waals surface area contributed by atoms with Crippen LogP contribution in [0.5, 0.6) is 0 Å². The average molecular weight is 495 g/mol. The molecule has 5 nitrogen and oxygen atoms in total. The van der Waals surface area contributed by atoms with Gasteiger partial charge in [0.1, 0.15) is 6.61 Å². The van der Waals surface area contributed by atoms with E-state index in [1.807, 2.05) is 36.4 Å². The third-order valence-corrected chi connectivity index (χ3v) is 7.64. The van der Waals surface area contributed by atoms with Gasteiger partial charge in [-0.25, -0.2) is 18.0 Å². The Morgan fingerprint density at radius 3 is 2.11 bits per heavy atom. The first kappa shape index (κ1) is 23.1. The van der Waals surface area contributed by atoms with Gasteiger partial charge >= 0.3 is 6.09 Å². The topological polar surface area (TPSA) is 59.0 Å². The molecule has 0 aromatic heterocycles. The maximum absolute atomic E-state index is 14.5. The zero-order valence-electron chi connectivity index (χ0n) is 19.3. The first-order valence-electron chi connectivity index (χ1n) is 11.9. The van der Waals surface area contributed by atoms with Gasteiger partial charge in [0.25, 0.3) is 0 Å². The fourth-order valence-corrected chi connectivity index (χ4v) is 6.05. The lowest BCUT2D eigenvalue weighted by atomic mass is 9.76. The second-order valence-corrected chi connectivity index (χ2v) is 9.72. The number of nitrogens with zero attached hydrogens (tertiary/aromatic N) is 1. The van der Waals surface area contributed by atoms with Crippen LogP contribution in [0.3, 0.4) is 0 Å². The van der Waals surface area contributed by atoms with E-state index in [1.54, 1.807) is 4.90 Å². The zero-order valence-corrected chi connectivity index (χ0v) is 19.3. The van der Waals surface area contributed by atoms with Crippen molar-refractivity contribution in [2.75, 3.05) is 19.8 Å². The lowest BCUT2D eigenvalue weighted by Gasteiger charge is -2.51. The van der Waals surface area contributed by atoms with Gasteiger partial charge in [0.15, 0.2) is 17.5 Å². The number of benzene rings is 3. The lowest BCUT2D eigenvalue weighted by Crippen LogP contribution is -2.62. The number of carbonyl (C=O) groups excluding carboxylic acids is 1. The summed E-state index contributed by atoms with van der Waals surface area (Å²) >= 11 is 0. The summed E-state index contributed by atoms with van der Waals surface area (Å²) < 4.78 is 53.3. The Bertz CT molecular complexity index is 1290. The molecule has 186 valence electrons. The number of hydrogen-bond donors (Lipinski definition) is 1. The molecule has 1 aliphatic carbocycles. The van der Waals surface area contributed by atoms with Crippen LogP contribution < -0.4 is 0 Å². The van der Waals surface area contributed by atoms with E-state index in [-0.39, 0.29) is 44.1 Å². The molecule has 2 fully saturated rings. The molecule has 1 amide bonds. The van der Waals surface area contributed by atoms with Crippen LogP contribution in [0.4, 0.5) is 18.0 Å². The van der Waals surface area contributed by atoms with Gasteiger partial charge in [-0.1, -0.05) is 54.6 Å². The highest BCUT2D eigenvalue weighted by Crippen LogP contribution is 2.45. The summed E-state index contributed by atoms with van der Waals surface area (Å²) in [5, 5.41) is 11.3. The summed E-state index contributed by atoms with van der Waals surface area (Å²) in [6.45, 7) is 0.383. The van der Waals surface area contributed by atoms with E-state index < -0.39 is 41.2 Å². The second kappa shape index (κ2) is 8.64. The molecule has 8 heteroatoms. The van der Waals surface area contributed by atoms with Crippen LogP contribution in [-0.2, 0) is 15.1 Å². The number of piperidine rings is 1. The van der Waals surface area contributed by atoms with Crippen LogP contribution in [0.15, 0.2) is 60.7 Å². The molecule has 2 saturated heterocycles. The van der Waals surface area contributed by atoms with E-state index in [2.05, 4.69) is 12.1 Å². The highest BCUT2D eigenvalue weighted by Gasteiger charge is 2.50. The number of ether oxygens (including phenoxy) is 2. The normalized spacial score (nSPS) is 24.8. The van der Waals surface area contributed by atoms with Crippen LogP contribution in [0.25, 0.3) is 11.1 Å². The third-order valence-electron chi connectivity index (χ3n) is 7.64. The molecule has 0 saturated carbocycles. The van der Waals surface area contributed by atoms with Crippen LogP contribution in [0.1, 0.15) is 35.4 Å². The zero-order chi connectivity index (χ0) is 25.0. The van der Waals surface area contributed by atoms with Crippen LogP contribution >= 0.6 is 0 Å². The van der Waals surface area contributed by atoms with Gasteiger partial charge in [-0.3, -0.25) is 4.90 Å². The molecule has 2 heterocycles. The van der Waals surface area contributed by atoms with Crippen molar-refractivity contribution in [2.45, 2.75) is 36.4 Å². The average Bonchev–Trinajstić information content (AvgIpc) is 3.19. The van der Waals surface area contributed by atoms with Crippen molar-refractivity contribution in [3.05, 3.63) is 94.8 Å². The van der Waals surface area contributed by atoms with Gasteiger partial charge in [0.2, 0.25) is 0 Å². The molecule has 1 N–H and O–H groups in total. The molecule has 3 aliphatic rings. The maximum atomic E-state index is 14.5. The summed E-state index contributed by atoms with van der Waals surface area (Å²) in [6.07, 6.45) is -0.714. The first-order chi connectivity index (χ1) is 17.4. The summed E-state index contributed by atoms with van der Waals surface area (Å²) in [4.78, 5) is 14.8. The molecule has 2 bridgehead atoms. The summed E-state index contributed by atoms with van der Waals surface area (Å²) in [5.74, 6) is -4.46. The number of fused-ring (bicyclic) bond motifs is 5. The number of rotatable bonds is 3. The quantitative estimate of drug-likeness (QED) is 0.514. The fraction of sp³-hybridized carbons (Fsp3) is 0.321. The molecule has 2 unspecified atom stereocenters. The standard InChI is InChI=1S/C28H24F3NO4/c29-24-10-9-23(25(30)26(24)31)28(34)11-16-13-35-14-17(12-28)32(16)27(33)36-15-22-20-7-3-1-5-18(20)19-6-2-4-8-21(19)22/h1-10,16-17,22,34H,11-15H2. The third kappa shape index (κ3) is 3.59. The van der Waals surface area contributed by atoms with Gasteiger partial charge in [0, 0.05) is 24.3 Å². The van der Waals surface area contributed by atoms with Gasteiger partial charge in [-0.2, -0.15) is 0 Å². The number of morpholine rings is 1. The van der Waals surface area contributed by atoms with Crippen molar-refractivity contribution < 1.29 is 32.5 Å². The predicted octanol–water partition coefficient (Wildman–Crippen LogP) is 5.10. The number of hydrogen-bond acceptors (Lipinski definition) is 4. The number of carbonyl (C=O) groups is 1. The molecule has 0 radical (unpaired) electrons. The van der Waals surface area contributed by atoms with Crippen LogP contribution in [0.2, 0.25) is 0 Å². The van der Waals surface area contributed by atoms with Gasteiger partial charge in [0.05, 0.1) is 30.9 Å². The van der Waals surface area contributed by atoms with Crippen LogP contribution in [0, 0.1) is 17.5 Å². The maximum Gasteiger partial charge on any atom is 0.410 e. The SMILES string of the molecule is O=C(OCC1c2ccccc2-c2ccccc21)N1C2COCC1CC(O)(c1ccc(F)c(F)c1F)C2. The smallest absolute Gasteiger partial charge is 0.410 e. The molecule has 3 aromatic rings. The van der Waals surface area contributed by atoms with Crippen molar-refractivity contribution in [1.29, 1.82) is 0 Å². The molecule has 2 aliphatic heterocycles. The largest absolute Gasteiger partial charge is 0.448 e. The van der Waals surface area contributed by atoms with E-state index in [1.165, 1.54) is 0 Å². The Morgan fingerprint density at radius 1 is 0.917 bits per heavy atom. The first-order valence-corrected chi connectivity index (χ1v) is 11.9. The van der Waals surface area contributed by atoms with Gasteiger partial charge < -0.3 is 14.6 Å². The van der Waals surface area contributed by atoms with E-state index in [9.17, 15) is 23.1 Å². The fourth-order valence-electron chi connectivity index (χ4n) is 6.05. The Kier molecular flexibility index (Phi) is 5.53. The highest BCUT2D eigenvalue weighted by atomic mass is 19.2. The monoisotopic (exact) mass is 495 g/mol. The Balaban J connectivity index is 1.22. The van der Waals surface area contributed by atoms with Crippen molar-refractivity contribution in [1.82, 2.24) is 4.90 Å². The van der Waals surface area contributed by atoms with E-state index in [0.717, 1.165) is 34.4 Å². The molecule has 36 heavy (non-hydrogen) atoms. The Labute approximate surface area is 206 Å². The Morgan fingerprint density at radius 2 is 1.50 bits per heavy atom. The minimum atomic E-state index is -1.77. The Hall–Kier alpha value is -3.36.